The molecule has 0 radical (unpaired) electrons. The first kappa shape index (κ1) is 21.9. The van der Waals surface area contributed by atoms with Gasteiger partial charge in [-0.2, -0.15) is 0 Å². The van der Waals surface area contributed by atoms with Crippen LogP contribution in [0.3, 0.4) is 0 Å². The zero-order chi connectivity index (χ0) is 22.9. The van der Waals surface area contributed by atoms with Crippen molar-refractivity contribution in [2.24, 2.45) is 0 Å². The van der Waals surface area contributed by atoms with Gasteiger partial charge in [-0.25, -0.2) is 4.98 Å². The largest absolute Gasteiger partial charge is 0.497 e. The van der Waals surface area contributed by atoms with Crippen LogP contribution in [0, 0.1) is 6.92 Å². The van der Waals surface area contributed by atoms with Gasteiger partial charge in [-0.1, -0.05) is 29.5 Å². The van der Waals surface area contributed by atoms with Crippen LogP contribution in [0.25, 0.3) is 15.9 Å². The van der Waals surface area contributed by atoms with Crippen molar-refractivity contribution in [1.82, 2.24) is 9.55 Å². The van der Waals surface area contributed by atoms with Crippen LogP contribution in [0.1, 0.15) is 39.2 Å². The summed E-state index contributed by atoms with van der Waals surface area (Å²) in [5.74, 6) is 0.889. The topological polar surface area (TPSA) is 61.2 Å². The Kier molecular flexibility index (Phi) is 6.08. The van der Waals surface area contributed by atoms with Gasteiger partial charge in [-0.15, -0.1) is 11.3 Å². The second-order valence-electron chi connectivity index (χ2n) is 8.20. The molecule has 0 spiro atoms. The summed E-state index contributed by atoms with van der Waals surface area (Å²) in [6.45, 7) is 2.02. The number of thiophene rings is 1. The molecule has 2 aromatic heterocycles. The standard InChI is InChI=1S/C26H24N2O3S2/c1-16-7-11-18(12-8-16)28-25(30)23-20-5-3-4-6-22(20)33-24(23)27-26(28)32-15-21(29)17-9-13-19(31-2)14-10-17/h7-14H,3-6,15H2,1-2H3. The van der Waals surface area contributed by atoms with E-state index in [4.69, 9.17) is 9.72 Å². The van der Waals surface area contributed by atoms with E-state index in [9.17, 15) is 9.59 Å². The fraction of sp³-hybridized carbons (Fsp3) is 0.269. The summed E-state index contributed by atoms with van der Waals surface area (Å²) in [6.07, 6.45) is 4.21. The van der Waals surface area contributed by atoms with Gasteiger partial charge in [0.2, 0.25) is 0 Å². The lowest BCUT2D eigenvalue weighted by Gasteiger charge is -2.14. The minimum absolute atomic E-state index is 0.0158. The Bertz CT molecular complexity index is 1390. The third-order valence-electron chi connectivity index (χ3n) is 5.99. The summed E-state index contributed by atoms with van der Waals surface area (Å²) >= 11 is 2.94. The zero-order valence-corrected chi connectivity index (χ0v) is 20.2. The summed E-state index contributed by atoms with van der Waals surface area (Å²) in [7, 11) is 1.60. The summed E-state index contributed by atoms with van der Waals surface area (Å²) in [5, 5.41) is 1.30. The molecule has 0 fully saturated rings. The molecule has 5 nitrogen and oxygen atoms in total. The van der Waals surface area contributed by atoms with E-state index in [1.54, 1.807) is 47.3 Å². The maximum atomic E-state index is 13.8. The van der Waals surface area contributed by atoms with Gasteiger partial charge in [0.15, 0.2) is 10.9 Å². The number of nitrogens with zero attached hydrogens (tertiary/aromatic N) is 2. The number of ether oxygens (including phenoxy) is 1. The Morgan fingerprint density at radius 1 is 1.09 bits per heavy atom. The molecule has 0 N–H and O–H groups in total. The molecule has 1 aliphatic carbocycles. The molecule has 0 aliphatic heterocycles. The van der Waals surface area contributed by atoms with Crippen LogP contribution in [-0.2, 0) is 12.8 Å². The van der Waals surface area contributed by atoms with Crippen molar-refractivity contribution in [3.05, 3.63) is 80.5 Å². The fourth-order valence-electron chi connectivity index (χ4n) is 4.20. The number of benzene rings is 2. The van der Waals surface area contributed by atoms with Crippen molar-refractivity contribution in [1.29, 1.82) is 0 Å². The van der Waals surface area contributed by atoms with E-state index >= 15 is 0 Å². The van der Waals surface area contributed by atoms with Gasteiger partial charge < -0.3 is 4.74 Å². The average molecular weight is 477 g/mol. The summed E-state index contributed by atoms with van der Waals surface area (Å²) in [6, 6.07) is 15.0. The molecule has 2 heterocycles. The summed E-state index contributed by atoms with van der Waals surface area (Å²) in [5.41, 5.74) is 3.64. The number of hydrogen-bond acceptors (Lipinski definition) is 6. The lowest BCUT2D eigenvalue weighted by Crippen LogP contribution is -2.22. The maximum Gasteiger partial charge on any atom is 0.267 e. The second kappa shape index (κ2) is 9.15. The molecule has 0 saturated heterocycles. The number of hydrogen-bond donors (Lipinski definition) is 0. The first-order valence-corrected chi connectivity index (χ1v) is 12.8. The quantitative estimate of drug-likeness (QED) is 0.205. The van der Waals surface area contributed by atoms with Gasteiger partial charge in [-0.05, 0) is 74.6 Å². The van der Waals surface area contributed by atoms with Crippen LogP contribution < -0.4 is 10.3 Å². The van der Waals surface area contributed by atoms with Crippen molar-refractivity contribution in [2.45, 2.75) is 37.8 Å². The van der Waals surface area contributed by atoms with Gasteiger partial charge in [0.1, 0.15) is 10.6 Å². The third kappa shape index (κ3) is 4.23. The third-order valence-corrected chi connectivity index (χ3v) is 8.12. The zero-order valence-electron chi connectivity index (χ0n) is 18.6. The van der Waals surface area contributed by atoms with E-state index in [2.05, 4.69) is 0 Å². The number of carbonyl (C=O) groups excluding carboxylic acids is 1. The summed E-state index contributed by atoms with van der Waals surface area (Å²) in [4.78, 5) is 33.6. The number of rotatable bonds is 6. The average Bonchev–Trinajstić information content (AvgIpc) is 3.22. The van der Waals surface area contributed by atoms with Crippen LogP contribution >= 0.6 is 23.1 Å². The first-order chi connectivity index (χ1) is 16.0. The van der Waals surface area contributed by atoms with E-state index in [0.29, 0.717) is 16.5 Å². The van der Waals surface area contributed by atoms with E-state index < -0.39 is 0 Å². The number of Topliss-reactive ketones (excluding diaryl/α,β-unsaturated/α-hetero) is 1. The van der Waals surface area contributed by atoms with Crippen LogP contribution in [0.15, 0.2) is 58.5 Å². The highest BCUT2D eigenvalue weighted by Crippen LogP contribution is 2.35. The molecule has 168 valence electrons. The number of aromatic nitrogens is 2. The van der Waals surface area contributed by atoms with Crippen LogP contribution in [0.2, 0.25) is 0 Å². The van der Waals surface area contributed by atoms with Crippen molar-refractivity contribution in [3.63, 3.8) is 0 Å². The van der Waals surface area contributed by atoms with E-state index in [0.717, 1.165) is 47.2 Å². The molecule has 1 aliphatic rings. The molecule has 7 heteroatoms. The molecule has 4 aromatic rings. The predicted molar refractivity (Wildman–Crippen MR) is 135 cm³/mol. The molecule has 33 heavy (non-hydrogen) atoms. The Hall–Kier alpha value is -2.90. The Balaban J connectivity index is 1.56. The molecular weight excluding hydrogens is 452 g/mol. The lowest BCUT2D eigenvalue weighted by molar-refractivity contribution is 0.102. The van der Waals surface area contributed by atoms with E-state index in [1.165, 1.54) is 22.2 Å². The molecule has 0 atom stereocenters. The van der Waals surface area contributed by atoms with Crippen LogP contribution in [0.5, 0.6) is 5.75 Å². The van der Waals surface area contributed by atoms with Gasteiger partial charge in [-0.3, -0.25) is 14.2 Å². The molecule has 0 amide bonds. The Morgan fingerprint density at radius 3 is 2.55 bits per heavy atom. The predicted octanol–water partition coefficient (Wildman–Crippen LogP) is 5.62. The van der Waals surface area contributed by atoms with E-state index in [1.807, 2.05) is 31.2 Å². The SMILES string of the molecule is COc1ccc(C(=O)CSc2nc3sc4c(c3c(=O)n2-c2ccc(C)cc2)CCCC4)cc1. The second-order valence-corrected chi connectivity index (χ2v) is 10.2. The number of carbonyl (C=O) groups is 1. The van der Waals surface area contributed by atoms with E-state index in [-0.39, 0.29) is 17.1 Å². The number of aryl methyl sites for hydroxylation is 3. The number of thioether (sulfide) groups is 1. The number of fused-ring (bicyclic) bond motifs is 3. The number of methoxy groups -OCH3 is 1. The Morgan fingerprint density at radius 2 is 1.82 bits per heavy atom. The normalized spacial score (nSPS) is 13.2. The van der Waals surface area contributed by atoms with Crippen molar-refractivity contribution in [2.75, 3.05) is 12.9 Å². The molecule has 0 unspecified atom stereocenters. The van der Waals surface area contributed by atoms with Crippen LogP contribution in [-0.4, -0.2) is 28.2 Å². The van der Waals surface area contributed by atoms with Crippen LogP contribution in [0.4, 0.5) is 0 Å². The van der Waals surface area contributed by atoms with Gasteiger partial charge in [0, 0.05) is 10.4 Å². The van der Waals surface area contributed by atoms with Crippen molar-refractivity contribution in [3.8, 4) is 11.4 Å². The molecular formula is C26H24N2O3S2. The molecule has 2 aromatic carbocycles. The Labute approximate surface area is 200 Å². The highest BCUT2D eigenvalue weighted by molar-refractivity contribution is 7.99. The smallest absolute Gasteiger partial charge is 0.267 e. The highest BCUT2D eigenvalue weighted by Gasteiger charge is 2.23. The first-order valence-electron chi connectivity index (χ1n) is 11.0. The van der Waals surface area contributed by atoms with Gasteiger partial charge in [0.25, 0.3) is 5.56 Å². The molecule has 0 bridgehead atoms. The lowest BCUT2D eigenvalue weighted by atomic mass is 9.97. The minimum Gasteiger partial charge on any atom is -0.497 e. The fourth-order valence-corrected chi connectivity index (χ4v) is 6.40. The maximum absolute atomic E-state index is 13.8. The van der Waals surface area contributed by atoms with Crippen molar-refractivity contribution < 1.29 is 9.53 Å². The summed E-state index contributed by atoms with van der Waals surface area (Å²) < 4.78 is 6.85. The monoisotopic (exact) mass is 476 g/mol. The van der Waals surface area contributed by atoms with Gasteiger partial charge in [0.05, 0.1) is 23.9 Å². The molecule has 0 saturated carbocycles. The highest BCUT2D eigenvalue weighted by atomic mass is 32.2. The number of ketones is 1. The van der Waals surface area contributed by atoms with Gasteiger partial charge >= 0.3 is 0 Å². The molecule has 5 rings (SSSR count). The van der Waals surface area contributed by atoms with Crippen molar-refractivity contribution >= 4 is 39.1 Å². The minimum atomic E-state index is -0.0392.